The summed E-state index contributed by atoms with van der Waals surface area (Å²) in [5, 5.41) is 8.04. The highest BCUT2D eigenvalue weighted by molar-refractivity contribution is 5.31. The Morgan fingerprint density at radius 1 is 1.10 bits per heavy atom. The van der Waals surface area contributed by atoms with Gasteiger partial charge in [0.05, 0.1) is 11.9 Å². The van der Waals surface area contributed by atoms with Crippen LogP contribution in [-0.4, -0.2) is 16.3 Å². The van der Waals surface area contributed by atoms with Gasteiger partial charge < -0.3 is 5.32 Å². The zero-order valence-electron chi connectivity index (χ0n) is 12.9. The molecule has 0 saturated heterocycles. The van der Waals surface area contributed by atoms with Crippen LogP contribution in [0, 0.1) is 11.8 Å². The smallest absolute Gasteiger partial charge is 0.0645 e. The average molecular weight is 271 g/mol. The first-order valence-corrected chi connectivity index (χ1v) is 7.41. The lowest BCUT2D eigenvalue weighted by Gasteiger charge is -2.19. The van der Waals surface area contributed by atoms with E-state index in [1.54, 1.807) is 0 Å². The first-order valence-electron chi connectivity index (χ1n) is 7.41. The zero-order valence-corrected chi connectivity index (χ0v) is 12.9. The first kappa shape index (κ1) is 14.8. The van der Waals surface area contributed by atoms with E-state index in [4.69, 9.17) is 0 Å². The minimum atomic E-state index is 0.327. The van der Waals surface area contributed by atoms with Crippen LogP contribution in [0.15, 0.2) is 42.7 Å². The van der Waals surface area contributed by atoms with E-state index >= 15 is 0 Å². The number of nitrogens with zero attached hydrogens (tertiary/aromatic N) is 2. The fraction of sp³-hybridized carbons (Fsp3) is 0.471. The third-order valence-electron chi connectivity index (χ3n) is 4.01. The normalized spacial score (nSPS) is 14.4. The number of rotatable bonds is 6. The van der Waals surface area contributed by atoms with Crippen LogP contribution in [0.2, 0.25) is 0 Å². The van der Waals surface area contributed by atoms with Gasteiger partial charge in [-0.1, -0.05) is 39.0 Å². The Morgan fingerprint density at radius 3 is 2.45 bits per heavy atom. The Morgan fingerprint density at radius 2 is 1.80 bits per heavy atom. The summed E-state index contributed by atoms with van der Waals surface area (Å²) in [6.07, 6.45) is 4.05. The van der Waals surface area contributed by atoms with Crippen molar-refractivity contribution in [3.05, 3.63) is 48.3 Å². The minimum absolute atomic E-state index is 0.327. The van der Waals surface area contributed by atoms with Crippen molar-refractivity contribution in [2.45, 2.75) is 33.7 Å². The van der Waals surface area contributed by atoms with Crippen LogP contribution in [0.25, 0.3) is 5.69 Å². The van der Waals surface area contributed by atoms with Crippen molar-refractivity contribution >= 4 is 0 Å². The number of hydrogen-bond donors (Lipinski definition) is 1. The molecule has 2 atom stereocenters. The Labute approximate surface area is 122 Å². The maximum atomic E-state index is 4.45. The summed E-state index contributed by atoms with van der Waals surface area (Å²) in [6, 6.07) is 10.5. The van der Waals surface area contributed by atoms with Gasteiger partial charge in [0.1, 0.15) is 0 Å². The molecule has 0 aliphatic rings. The lowest BCUT2D eigenvalue weighted by molar-refractivity contribution is 0.375. The van der Waals surface area contributed by atoms with Gasteiger partial charge >= 0.3 is 0 Å². The summed E-state index contributed by atoms with van der Waals surface area (Å²) in [6.45, 7) is 10.1. The minimum Gasteiger partial charge on any atom is -0.310 e. The van der Waals surface area contributed by atoms with Crippen LogP contribution < -0.4 is 5.32 Å². The molecule has 2 aromatic rings. The van der Waals surface area contributed by atoms with Gasteiger partial charge in [0.15, 0.2) is 0 Å². The second kappa shape index (κ2) is 6.71. The van der Waals surface area contributed by atoms with Crippen LogP contribution in [-0.2, 0) is 0 Å². The van der Waals surface area contributed by atoms with Crippen LogP contribution >= 0.6 is 0 Å². The molecule has 2 unspecified atom stereocenters. The van der Waals surface area contributed by atoms with Gasteiger partial charge in [0.25, 0.3) is 0 Å². The molecule has 1 N–H and O–H groups in total. The number of nitrogens with one attached hydrogen (secondary N) is 1. The molecule has 3 nitrogen and oxygen atoms in total. The summed E-state index contributed by atoms with van der Waals surface area (Å²) in [5.41, 5.74) is 2.33. The maximum absolute atomic E-state index is 4.45. The van der Waals surface area contributed by atoms with Gasteiger partial charge in [-0.05, 0) is 37.4 Å². The highest BCUT2D eigenvalue weighted by atomic mass is 15.3. The van der Waals surface area contributed by atoms with E-state index in [9.17, 15) is 0 Å². The first-order chi connectivity index (χ1) is 9.58. The molecular formula is C17H25N3. The van der Waals surface area contributed by atoms with E-state index in [1.165, 1.54) is 5.56 Å². The molecule has 0 fully saturated rings. The molecule has 1 aromatic carbocycles. The highest BCUT2D eigenvalue weighted by Gasteiger charge is 2.12. The molecule has 1 aromatic heterocycles. The SMILES string of the molecule is CC(NCC(C)C(C)C)c1cnn(-c2ccccc2)c1. The number of para-hydroxylation sites is 1. The molecule has 0 bridgehead atoms. The van der Waals surface area contributed by atoms with Crippen molar-refractivity contribution < 1.29 is 0 Å². The maximum Gasteiger partial charge on any atom is 0.0645 e. The molecule has 0 amide bonds. The van der Waals surface area contributed by atoms with Crippen LogP contribution in [0.5, 0.6) is 0 Å². The highest BCUT2D eigenvalue weighted by Crippen LogP contribution is 2.16. The van der Waals surface area contributed by atoms with Crippen LogP contribution in [0.4, 0.5) is 0 Å². The lowest BCUT2D eigenvalue weighted by Crippen LogP contribution is -2.26. The summed E-state index contributed by atoms with van der Waals surface area (Å²) < 4.78 is 1.93. The molecule has 2 rings (SSSR count). The molecule has 3 heteroatoms. The van der Waals surface area contributed by atoms with Crippen LogP contribution in [0.3, 0.4) is 0 Å². The van der Waals surface area contributed by atoms with E-state index < -0.39 is 0 Å². The fourth-order valence-electron chi connectivity index (χ4n) is 2.00. The zero-order chi connectivity index (χ0) is 14.5. The third-order valence-corrected chi connectivity index (χ3v) is 4.01. The lowest BCUT2D eigenvalue weighted by atomic mass is 9.98. The summed E-state index contributed by atoms with van der Waals surface area (Å²) in [7, 11) is 0. The molecular weight excluding hydrogens is 246 g/mol. The topological polar surface area (TPSA) is 29.9 Å². The van der Waals surface area contributed by atoms with Crippen molar-refractivity contribution in [1.29, 1.82) is 0 Å². The van der Waals surface area contributed by atoms with Gasteiger partial charge in [0.2, 0.25) is 0 Å². The van der Waals surface area contributed by atoms with Gasteiger partial charge in [-0.25, -0.2) is 4.68 Å². The fourth-order valence-corrected chi connectivity index (χ4v) is 2.00. The van der Waals surface area contributed by atoms with E-state index in [0.29, 0.717) is 17.9 Å². The van der Waals surface area contributed by atoms with Crippen molar-refractivity contribution in [3.8, 4) is 5.69 Å². The molecule has 0 spiro atoms. The second-order valence-electron chi connectivity index (χ2n) is 5.91. The van der Waals surface area contributed by atoms with Crippen molar-refractivity contribution in [2.75, 3.05) is 6.54 Å². The number of benzene rings is 1. The van der Waals surface area contributed by atoms with Crippen molar-refractivity contribution in [2.24, 2.45) is 11.8 Å². The van der Waals surface area contributed by atoms with Gasteiger partial charge in [-0.15, -0.1) is 0 Å². The quantitative estimate of drug-likeness (QED) is 0.865. The van der Waals surface area contributed by atoms with Gasteiger partial charge in [-0.2, -0.15) is 5.10 Å². The number of hydrogen-bond acceptors (Lipinski definition) is 2. The summed E-state index contributed by atoms with van der Waals surface area (Å²) in [4.78, 5) is 0. The predicted octanol–water partition coefficient (Wildman–Crippen LogP) is 3.82. The van der Waals surface area contributed by atoms with Gasteiger partial charge in [0, 0.05) is 17.8 Å². The molecule has 108 valence electrons. The summed E-state index contributed by atoms with van der Waals surface area (Å²) in [5.74, 6) is 1.39. The summed E-state index contributed by atoms with van der Waals surface area (Å²) >= 11 is 0. The average Bonchev–Trinajstić information content (AvgIpc) is 2.95. The Hall–Kier alpha value is -1.61. The predicted molar refractivity (Wildman–Crippen MR) is 84.0 cm³/mol. The monoisotopic (exact) mass is 271 g/mol. The molecule has 0 aliphatic heterocycles. The molecule has 0 saturated carbocycles. The molecule has 0 radical (unpaired) electrons. The molecule has 20 heavy (non-hydrogen) atoms. The molecule has 0 aliphatic carbocycles. The van der Waals surface area contributed by atoms with E-state index in [-0.39, 0.29) is 0 Å². The Bertz CT molecular complexity index is 516. The third kappa shape index (κ3) is 3.70. The van der Waals surface area contributed by atoms with Gasteiger partial charge in [-0.3, -0.25) is 0 Å². The van der Waals surface area contributed by atoms with E-state index in [0.717, 1.165) is 12.2 Å². The molecule has 1 heterocycles. The largest absolute Gasteiger partial charge is 0.310 e. The Balaban J connectivity index is 1.98. The standard InChI is InChI=1S/C17H25N3/c1-13(2)14(3)10-18-15(4)16-11-19-20(12-16)17-8-6-5-7-9-17/h5-9,11-15,18H,10H2,1-4H3. The van der Waals surface area contributed by atoms with Crippen LogP contribution in [0.1, 0.15) is 39.3 Å². The number of aromatic nitrogens is 2. The second-order valence-corrected chi connectivity index (χ2v) is 5.91. The Kier molecular flexibility index (Phi) is 4.96. The van der Waals surface area contributed by atoms with E-state index in [2.05, 4.69) is 56.4 Å². The van der Waals surface area contributed by atoms with Crippen molar-refractivity contribution in [3.63, 3.8) is 0 Å². The van der Waals surface area contributed by atoms with Crippen molar-refractivity contribution in [1.82, 2.24) is 15.1 Å². The van der Waals surface area contributed by atoms with E-state index in [1.807, 2.05) is 29.1 Å².